The maximum Gasteiger partial charge on any atom is 0.411 e. The van der Waals surface area contributed by atoms with Crippen molar-refractivity contribution in [2.24, 2.45) is 0 Å². The summed E-state index contributed by atoms with van der Waals surface area (Å²) in [7, 11) is 0. The van der Waals surface area contributed by atoms with Crippen LogP contribution in [0.2, 0.25) is 0 Å². The van der Waals surface area contributed by atoms with Crippen molar-refractivity contribution in [1.82, 2.24) is 0 Å². The molecule has 21 heavy (non-hydrogen) atoms. The average Bonchev–Trinajstić information content (AvgIpc) is 2.54. The van der Waals surface area contributed by atoms with E-state index in [1.54, 1.807) is 12.1 Å². The number of rotatable bonds is 4. The van der Waals surface area contributed by atoms with Crippen molar-refractivity contribution in [1.29, 1.82) is 5.26 Å². The zero-order chi connectivity index (χ0) is 15.1. The third-order valence-electron chi connectivity index (χ3n) is 3.06. The van der Waals surface area contributed by atoms with Gasteiger partial charge in [0.25, 0.3) is 0 Å². The van der Waals surface area contributed by atoms with Crippen molar-refractivity contribution in [3.63, 3.8) is 0 Å². The maximum atomic E-state index is 11.8. The van der Waals surface area contributed by atoms with Gasteiger partial charge in [0, 0.05) is 0 Å². The van der Waals surface area contributed by atoms with E-state index in [9.17, 15) is 4.79 Å². The number of nitrogens with zero attached hydrogens (tertiary/aromatic N) is 1. The molecule has 0 saturated carbocycles. The largest absolute Gasteiger partial charge is 0.444 e. The molecule has 0 atom stereocenters. The summed E-state index contributed by atoms with van der Waals surface area (Å²) in [5.41, 5.74) is 2.86. The molecular formula is C17H16N2O2. The molecule has 4 nitrogen and oxygen atoms in total. The number of nitrogens with one attached hydrogen (secondary N) is 1. The number of hydrogen-bond donors (Lipinski definition) is 1. The number of ether oxygens (including phenoxy) is 1. The molecule has 2 aromatic carbocycles. The van der Waals surface area contributed by atoms with Crippen LogP contribution in [0.5, 0.6) is 0 Å². The molecular weight excluding hydrogens is 264 g/mol. The molecule has 0 spiro atoms. The SMILES string of the molecule is CCc1ccc(NC(=O)OCc2ccccc2)c(C#N)c1. The van der Waals surface area contributed by atoms with Crippen LogP contribution in [0.3, 0.4) is 0 Å². The lowest BCUT2D eigenvalue weighted by atomic mass is 10.1. The van der Waals surface area contributed by atoms with Crippen molar-refractivity contribution in [3.8, 4) is 6.07 Å². The summed E-state index contributed by atoms with van der Waals surface area (Å²) in [6, 6.07) is 16.9. The van der Waals surface area contributed by atoms with E-state index in [2.05, 4.69) is 11.4 Å². The number of nitriles is 1. The van der Waals surface area contributed by atoms with Crippen molar-refractivity contribution < 1.29 is 9.53 Å². The first kappa shape index (κ1) is 14.6. The monoisotopic (exact) mass is 280 g/mol. The second kappa shape index (κ2) is 7.11. The van der Waals surface area contributed by atoms with Crippen LogP contribution >= 0.6 is 0 Å². The van der Waals surface area contributed by atoms with E-state index < -0.39 is 6.09 Å². The minimum atomic E-state index is -0.570. The van der Waals surface area contributed by atoms with Gasteiger partial charge in [0.15, 0.2) is 0 Å². The Morgan fingerprint density at radius 2 is 1.95 bits per heavy atom. The van der Waals surface area contributed by atoms with Gasteiger partial charge in [-0.25, -0.2) is 4.79 Å². The lowest BCUT2D eigenvalue weighted by molar-refractivity contribution is 0.155. The minimum Gasteiger partial charge on any atom is -0.444 e. The molecule has 106 valence electrons. The second-order valence-corrected chi connectivity index (χ2v) is 4.53. The van der Waals surface area contributed by atoms with Crippen molar-refractivity contribution in [2.75, 3.05) is 5.32 Å². The van der Waals surface area contributed by atoms with Crippen LogP contribution in [0.25, 0.3) is 0 Å². The Labute approximate surface area is 124 Å². The van der Waals surface area contributed by atoms with E-state index in [1.807, 2.05) is 43.3 Å². The van der Waals surface area contributed by atoms with Gasteiger partial charge in [-0.15, -0.1) is 0 Å². The van der Waals surface area contributed by atoms with Crippen LogP contribution in [0.4, 0.5) is 10.5 Å². The van der Waals surface area contributed by atoms with E-state index in [4.69, 9.17) is 10.00 Å². The van der Waals surface area contributed by atoms with Crippen molar-refractivity contribution in [3.05, 3.63) is 65.2 Å². The van der Waals surface area contributed by atoms with Gasteiger partial charge >= 0.3 is 6.09 Å². The Morgan fingerprint density at radius 1 is 1.19 bits per heavy atom. The van der Waals surface area contributed by atoms with Gasteiger partial charge in [-0.2, -0.15) is 5.26 Å². The molecule has 4 heteroatoms. The van der Waals surface area contributed by atoms with Crippen LogP contribution in [-0.4, -0.2) is 6.09 Å². The molecule has 0 saturated heterocycles. The van der Waals surface area contributed by atoms with Gasteiger partial charge < -0.3 is 4.74 Å². The van der Waals surface area contributed by atoms with Crippen molar-refractivity contribution in [2.45, 2.75) is 20.0 Å². The Bertz CT molecular complexity index is 660. The first-order valence-corrected chi connectivity index (χ1v) is 6.73. The molecule has 0 heterocycles. The summed E-state index contributed by atoms with van der Waals surface area (Å²) in [4.78, 5) is 11.8. The molecule has 0 radical (unpaired) electrons. The molecule has 0 fully saturated rings. The zero-order valence-corrected chi connectivity index (χ0v) is 11.8. The summed E-state index contributed by atoms with van der Waals surface area (Å²) in [6.07, 6.45) is 0.271. The predicted octanol–water partition coefficient (Wildman–Crippen LogP) is 3.87. The lowest BCUT2D eigenvalue weighted by Crippen LogP contribution is -2.14. The van der Waals surface area contributed by atoms with Crippen LogP contribution in [0.1, 0.15) is 23.6 Å². The highest BCUT2D eigenvalue weighted by Crippen LogP contribution is 2.17. The molecule has 0 aliphatic heterocycles. The highest BCUT2D eigenvalue weighted by molar-refractivity contribution is 5.86. The molecule has 0 unspecified atom stereocenters. The smallest absolute Gasteiger partial charge is 0.411 e. The van der Waals surface area contributed by atoms with E-state index in [1.165, 1.54) is 0 Å². The van der Waals surface area contributed by atoms with Crippen LogP contribution in [0, 0.1) is 11.3 Å². The highest BCUT2D eigenvalue weighted by Gasteiger charge is 2.08. The number of anilines is 1. The van der Waals surface area contributed by atoms with Gasteiger partial charge in [0.2, 0.25) is 0 Å². The summed E-state index contributed by atoms with van der Waals surface area (Å²) >= 11 is 0. The fourth-order valence-corrected chi connectivity index (χ4v) is 1.88. The minimum absolute atomic E-state index is 0.196. The number of hydrogen-bond acceptors (Lipinski definition) is 3. The number of amides is 1. The van der Waals surface area contributed by atoms with Crippen LogP contribution in [0.15, 0.2) is 48.5 Å². The normalized spacial score (nSPS) is 9.71. The fourth-order valence-electron chi connectivity index (χ4n) is 1.88. The molecule has 1 amide bonds. The fraction of sp³-hybridized carbons (Fsp3) is 0.176. The molecule has 0 aliphatic rings. The van der Waals surface area contributed by atoms with E-state index in [0.717, 1.165) is 17.5 Å². The predicted molar refractivity (Wildman–Crippen MR) is 80.8 cm³/mol. The van der Waals surface area contributed by atoms with Gasteiger partial charge in [0.05, 0.1) is 11.3 Å². The summed E-state index contributed by atoms with van der Waals surface area (Å²) < 4.78 is 5.13. The number of carbonyl (C=O) groups is 1. The lowest BCUT2D eigenvalue weighted by Gasteiger charge is -2.09. The Kier molecular flexibility index (Phi) is 4.94. The van der Waals surface area contributed by atoms with Crippen LogP contribution < -0.4 is 5.32 Å². The molecule has 0 aliphatic carbocycles. The van der Waals surface area contributed by atoms with Gasteiger partial charge in [-0.3, -0.25) is 5.32 Å². The van der Waals surface area contributed by atoms with Crippen LogP contribution in [-0.2, 0) is 17.8 Å². The summed E-state index contributed by atoms with van der Waals surface area (Å²) in [5, 5.41) is 11.7. The first-order chi connectivity index (χ1) is 10.2. The zero-order valence-electron chi connectivity index (χ0n) is 11.8. The molecule has 2 rings (SSSR count). The summed E-state index contributed by atoms with van der Waals surface area (Å²) in [6.45, 7) is 2.21. The van der Waals surface area contributed by atoms with Gasteiger partial charge in [-0.1, -0.05) is 43.3 Å². The average molecular weight is 280 g/mol. The van der Waals surface area contributed by atoms with E-state index in [0.29, 0.717) is 11.3 Å². The van der Waals surface area contributed by atoms with E-state index in [-0.39, 0.29) is 6.61 Å². The Morgan fingerprint density at radius 3 is 2.62 bits per heavy atom. The van der Waals surface area contributed by atoms with Crippen molar-refractivity contribution >= 4 is 11.8 Å². The Hall–Kier alpha value is -2.80. The number of carbonyl (C=O) groups excluding carboxylic acids is 1. The quantitative estimate of drug-likeness (QED) is 0.924. The van der Waals surface area contributed by atoms with Gasteiger partial charge in [-0.05, 0) is 29.7 Å². The topological polar surface area (TPSA) is 62.1 Å². The third-order valence-corrected chi connectivity index (χ3v) is 3.06. The second-order valence-electron chi connectivity index (χ2n) is 4.53. The molecule has 0 aromatic heterocycles. The standard InChI is InChI=1S/C17H16N2O2/c1-2-13-8-9-16(15(10-13)11-18)19-17(20)21-12-14-6-4-3-5-7-14/h3-10H,2,12H2,1H3,(H,19,20). The maximum absolute atomic E-state index is 11.8. The van der Waals surface area contributed by atoms with Gasteiger partial charge in [0.1, 0.15) is 12.7 Å². The number of aryl methyl sites for hydroxylation is 1. The summed E-state index contributed by atoms with van der Waals surface area (Å²) in [5.74, 6) is 0. The molecule has 2 aromatic rings. The highest BCUT2D eigenvalue weighted by atomic mass is 16.5. The number of benzene rings is 2. The third kappa shape index (κ3) is 4.08. The molecule has 1 N–H and O–H groups in total. The first-order valence-electron chi connectivity index (χ1n) is 6.73. The van der Waals surface area contributed by atoms with E-state index >= 15 is 0 Å². The Balaban J connectivity index is 1.98. The molecule has 0 bridgehead atoms.